The molecule has 2 rings (SSSR count). The smallest absolute Gasteiger partial charge is 0.338 e. The quantitative estimate of drug-likeness (QED) is 0.515. The van der Waals surface area contributed by atoms with Crippen molar-refractivity contribution in [2.45, 2.75) is 6.92 Å². The summed E-state index contributed by atoms with van der Waals surface area (Å²) in [5, 5.41) is 9.01. The van der Waals surface area contributed by atoms with Crippen LogP contribution in [0.4, 0.5) is 0 Å². The van der Waals surface area contributed by atoms with Gasteiger partial charge in [0.05, 0.1) is 35.9 Å². The van der Waals surface area contributed by atoms with Gasteiger partial charge in [0.1, 0.15) is 19.0 Å². The van der Waals surface area contributed by atoms with E-state index >= 15 is 0 Å². The number of rotatable bonds is 8. The largest absolute Gasteiger partial charge is 0.493 e. The minimum Gasteiger partial charge on any atom is -0.493 e. The molecule has 0 amide bonds. The third-order valence-electron chi connectivity index (χ3n) is 3.32. The second-order valence-electron chi connectivity index (χ2n) is 5.04. The molecule has 0 aliphatic rings. The number of nitrogens with zero attached hydrogens (tertiary/aromatic N) is 1. The molecule has 0 spiro atoms. The highest BCUT2D eigenvalue weighted by Crippen LogP contribution is 2.36. The lowest BCUT2D eigenvalue weighted by Gasteiger charge is -2.13. The predicted molar refractivity (Wildman–Crippen MR) is 96.1 cm³/mol. The van der Waals surface area contributed by atoms with Crippen LogP contribution in [0.1, 0.15) is 22.8 Å². The van der Waals surface area contributed by atoms with Crippen molar-refractivity contribution >= 4 is 17.6 Å². The summed E-state index contributed by atoms with van der Waals surface area (Å²) in [6.07, 6.45) is 0. The van der Waals surface area contributed by atoms with Crippen molar-refractivity contribution in [3.63, 3.8) is 0 Å². The van der Waals surface area contributed by atoms with Gasteiger partial charge in [-0.15, -0.1) is 0 Å². The summed E-state index contributed by atoms with van der Waals surface area (Å²) in [6, 6.07) is 11.7. The van der Waals surface area contributed by atoms with Crippen LogP contribution in [0.5, 0.6) is 17.2 Å². The number of hydrogen-bond donors (Lipinski definition) is 0. The molecule has 0 heterocycles. The molecule has 7 heteroatoms. The van der Waals surface area contributed by atoms with E-state index in [9.17, 15) is 4.79 Å². The molecule has 0 fully saturated rings. The van der Waals surface area contributed by atoms with Crippen molar-refractivity contribution in [1.82, 2.24) is 0 Å². The van der Waals surface area contributed by atoms with Gasteiger partial charge in [-0.05, 0) is 43.3 Å². The van der Waals surface area contributed by atoms with E-state index in [1.165, 1.54) is 19.2 Å². The van der Waals surface area contributed by atoms with Gasteiger partial charge in [-0.3, -0.25) is 0 Å². The minimum absolute atomic E-state index is 0.0615. The Labute approximate surface area is 156 Å². The SMILES string of the molecule is CCOc1c(Cl)cc(C(=O)OCCOc2ccc(C#N)cc2)cc1OC. The molecule has 136 valence electrons. The van der Waals surface area contributed by atoms with Crippen LogP contribution < -0.4 is 14.2 Å². The van der Waals surface area contributed by atoms with Crippen molar-refractivity contribution < 1.29 is 23.7 Å². The number of benzene rings is 2. The van der Waals surface area contributed by atoms with Crippen molar-refractivity contribution in [2.75, 3.05) is 26.9 Å². The van der Waals surface area contributed by atoms with Crippen LogP contribution in [0, 0.1) is 11.3 Å². The zero-order chi connectivity index (χ0) is 18.9. The highest BCUT2D eigenvalue weighted by Gasteiger charge is 2.16. The Morgan fingerprint density at radius 3 is 2.50 bits per heavy atom. The molecular formula is C19H18ClNO5. The van der Waals surface area contributed by atoms with Crippen LogP contribution in [0.2, 0.25) is 5.02 Å². The fraction of sp³-hybridized carbons (Fsp3) is 0.263. The van der Waals surface area contributed by atoms with Gasteiger partial charge >= 0.3 is 5.97 Å². The standard InChI is InChI=1S/C19H18ClNO5/c1-3-24-18-16(20)10-14(11-17(18)23-2)19(22)26-9-8-25-15-6-4-13(12-21)5-7-15/h4-7,10-11H,3,8-9H2,1-2H3. The molecule has 6 nitrogen and oxygen atoms in total. The number of nitriles is 1. The van der Waals surface area contributed by atoms with Gasteiger partial charge in [-0.2, -0.15) is 5.26 Å². The fourth-order valence-corrected chi connectivity index (χ4v) is 2.39. The molecule has 2 aromatic rings. The van der Waals surface area contributed by atoms with Crippen molar-refractivity contribution in [2.24, 2.45) is 0 Å². The molecule has 0 unspecified atom stereocenters. The monoisotopic (exact) mass is 375 g/mol. The lowest BCUT2D eigenvalue weighted by molar-refractivity contribution is 0.0450. The first-order valence-electron chi connectivity index (χ1n) is 7.89. The molecule has 26 heavy (non-hydrogen) atoms. The van der Waals surface area contributed by atoms with Gasteiger partial charge in [0, 0.05) is 0 Å². The van der Waals surface area contributed by atoms with E-state index in [0.29, 0.717) is 29.4 Å². The number of halogens is 1. The van der Waals surface area contributed by atoms with Gasteiger partial charge in [0.2, 0.25) is 0 Å². The fourth-order valence-electron chi connectivity index (χ4n) is 2.13. The number of methoxy groups -OCH3 is 1. The normalized spacial score (nSPS) is 9.92. The Balaban J connectivity index is 1.91. The summed E-state index contributed by atoms with van der Waals surface area (Å²) < 4.78 is 21.2. The average molecular weight is 376 g/mol. The number of esters is 1. The molecule has 2 aromatic carbocycles. The maximum absolute atomic E-state index is 12.2. The van der Waals surface area contributed by atoms with E-state index in [0.717, 1.165) is 0 Å². The maximum atomic E-state index is 12.2. The lowest BCUT2D eigenvalue weighted by atomic mass is 10.2. The van der Waals surface area contributed by atoms with E-state index in [1.807, 2.05) is 13.0 Å². The third kappa shape index (κ3) is 5.04. The van der Waals surface area contributed by atoms with Gasteiger partial charge in [0.25, 0.3) is 0 Å². The minimum atomic E-state index is -0.545. The maximum Gasteiger partial charge on any atom is 0.338 e. The highest BCUT2D eigenvalue weighted by molar-refractivity contribution is 6.32. The Morgan fingerprint density at radius 1 is 1.15 bits per heavy atom. The summed E-state index contributed by atoms with van der Waals surface area (Å²) in [5.74, 6) is 0.792. The van der Waals surface area contributed by atoms with Crippen LogP contribution in [0.3, 0.4) is 0 Å². The van der Waals surface area contributed by atoms with Crippen LogP contribution >= 0.6 is 11.6 Å². The number of ether oxygens (including phenoxy) is 4. The molecule has 0 aromatic heterocycles. The Bertz CT molecular complexity index is 799. The van der Waals surface area contributed by atoms with Crippen molar-refractivity contribution in [3.8, 4) is 23.3 Å². The first-order valence-corrected chi connectivity index (χ1v) is 8.27. The molecule has 0 saturated heterocycles. The van der Waals surface area contributed by atoms with Crippen LogP contribution in [0.15, 0.2) is 36.4 Å². The zero-order valence-electron chi connectivity index (χ0n) is 14.5. The number of carbonyl (C=O) groups is 1. The van der Waals surface area contributed by atoms with Crippen molar-refractivity contribution in [3.05, 3.63) is 52.5 Å². The summed E-state index contributed by atoms with van der Waals surface area (Å²) in [7, 11) is 1.47. The van der Waals surface area contributed by atoms with Crippen molar-refractivity contribution in [1.29, 1.82) is 5.26 Å². The van der Waals surface area contributed by atoms with E-state index in [4.69, 9.17) is 35.8 Å². The number of carbonyl (C=O) groups excluding carboxylic acids is 1. The van der Waals surface area contributed by atoms with Crippen LogP contribution in [0.25, 0.3) is 0 Å². The Morgan fingerprint density at radius 2 is 1.88 bits per heavy atom. The molecule has 0 N–H and O–H groups in total. The molecule has 0 aliphatic heterocycles. The van der Waals surface area contributed by atoms with Crippen LogP contribution in [-0.4, -0.2) is 32.9 Å². The van der Waals surface area contributed by atoms with Gasteiger partial charge in [0.15, 0.2) is 11.5 Å². The molecule has 0 bridgehead atoms. The summed E-state index contributed by atoms with van der Waals surface area (Å²) in [6.45, 7) is 2.49. The van der Waals surface area contributed by atoms with E-state index in [2.05, 4.69) is 0 Å². The van der Waals surface area contributed by atoms with E-state index in [1.54, 1.807) is 24.3 Å². The molecule has 0 radical (unpaired) electrons. The van der Waals surface area contributed by atoms with Crippen LogP contribution in [-0.2, 0) is 4.74 Å². The predicted octanol–water partition coefficient (Wildman–Crippen LogP) is 3.85. The van der Waals surface area contributed by atoms with E-state index in [-0.39, 0.29) is 23.8 Å². The van der Waals surface area contributed by atoms with Gasteiger partial charge in [-0.1, -0.05) is 11.6 Å². The Hall–Kier alpha value is -2.91. The first kappa shape index (κ1) is 19.4. The topological polar surface area (TPSA) is 77.8 Å². The second kappa shape index (κ2) is 9.54. The molecular weight excluding hydrogens is 358 g/mol. The van der Waals surface area contributed by atoms with Gasteiger partial charge in [-0.25, -0.2) is 4.79 Å². The zero-order valence-corrected chi connectivity index (χ0v) is 15.2. The third-order valence-corrected chi connectivity index (χ3v) is 3.60. The first-order chi connectivity index (χ1) is 12.6. The summed E-state index contributed by atoms with van der Waals surface area (Å²) in [5.41, 5.74) is 0.804. The summed E-state index contributed by atoms with van der Waals surface area (Å²) in [4.78, 5) is 12.2. The number of hydrogen-bond acceptors (Lipinski definition) is 6. The van der Waals surface area contributed by atoms with Gasteiger partial charge < -0.3 is 18.9 Å². The Kier molecular flexibility index (Phi) is 7.12. The highest BCUT2D eigenvalue weighted by atomic mass is 35.5. The van der Waals surface area contributed by atoms with E-state index < -0.39 is 5.97 Å². The average Bonchev–Trinajstić information content (AvgIpc) is 2.67. The molecule has 0 atom stereocenters. The summed E-state index contributed by atoms with van der Waals surface area (Å²) >= 11 is 6.14. The molecule has 0 saturated carbocycles. The second-order valence-corrected chi connectivity index (χ2v) is 5.45. The lowest BCUT2D eigenvalue weighted by Crippen LogP contribution is -2.12. The molecule has 0 aliphatic carbocycles.